The lowest BCUT2D eigenvalue weighted by molar-refractivity contribution is -0.161. The topological polar surface area (TPSA) is 58.9 Å². The average Bonchev–Trinajstić information content (AvgIpc) is 2.17. The van der Waals surface area contributed by atoms with Crippen molar-refractivity contribution in [2.24, 2.45) is 0 Å². The van der Waals surface area contributed by atoms with Crippen molar-refractivity contribution in [3.8, 4) is 0 Å². The molecule has 2 unspecified atom stereocenters. The van der Waals surface area contributed by atoms with Crippen molar-refractivity contribution in [3.63, 3.8) is 0 Å². The van der Waals surface area contributed by atoms with E-state index in [1.165, 1.54) is 0 Å². The summed E-state index contributed by atoms with van der Waals surface area (Å²) in [5.74, 6) is 0. The van der Waals surface area contributed by atoms with Gasteiger partial charge in [-0.15, -0.1) is 0 Å². The largest absolute Gasteiger partial charge is 0.394 e. The fourth-order valence-corrected chi connectivity index (χ4v) is 0.804. The number of hydrogen-bond donors (Lipinski definition) is 2. The maximum absolute atomic E-state index is 9.00. The minimum absolute atomic E-state index is 0.124. The second-order valence-corrected chi connectivity index (χ2v) is 2.88. The zero-order chi connectivity index (χ0) is 10.1. The van der Waals surface area contributed by atoms with Crippen LogP contribution < -0.4 is 0 Å². The van der Waals surface area contributed by atoms with Crippen LogP contribution in [0.3, 0.4) is 0 Å². The molecule has 4 heteroatoms. The molecule has 0 rings (SSSR count). The standard InChI is InChI=1S/C9H20O4/c1-3-5-12-9(4-2)13-7-8(11)6-10/h8-11H,3-7H2,1-2H3. The number of rotatable bonds is 8. The normalized spacial score (nSPS) is 15.7. The molecule has 13 heavy (non-hydrogen) atoms. The molecule has 0 aliphatic rings. The summed E-state index contributed by atoms with van der Waals surface area (Å²) >= 11 is 0. The smallest absolute Gasteiger partial charge is 0.157 e. The van der Waals surface area contributed by atoms with Crippen LogP contribution in [0.25, 0.3) is 0 Å². The third-order valence-electron chi connectivity index (χ3n) is 1.53. The Balaban J connectivity index is 3.46. The van der Waals surface area contributed by atoms with Gasteiger partial charge in [-0.05, 0) is 12.8 Å². The molecule has 2 atom stereocenters. The van der Waals surface area contributed by atoms with Crippen LogP contribution in [-0.4, -0.2) is 42.4 Å². The van der Waals surface area contributed by atoms with Gasteiger partial charge in [0, 0.05) is 6.61 Å². The van der Waals surface area contributed by atoms with Crippen LogP contribution in [0.1, 0.15) is 26.7 Å². The summed E-state index contributed by atoms with van der Waals surface area (Å²) in [6.07, 6.45) is 0.626. The van der Waals surface area contributed by atoms with Crippen molar-refractivity contribution in [3.05, 3.63) is 0 Å². The van der Waals surface area contributed by atoms with Gasteiger partial charge in [-0.1, -0.05) is 13.8 Å². The maximum atomic E-state index is 9.00. The van der Waals surface area contributed by atoms with E-state index in [0.717, 1.165) is 12.8 Å². The molecule has 2 N–H and O–H groups in total. The third kappa shape index (κ3) is 6.95. The first-order valence-electron chi connectivity index (χ1n) is 4.76. The van der Waals surface area contributed by atoms with E-state index in [-0.39, 0.29) is 19.5 Å². The molecule has 0 saturated carbocycles. The van der Waals surface area contributed by atoms with Gasteiger partial charge in [-0.25, -0.2) is 0 Å². The number of ether oxygens (including phenoxy) is 2. The quantitative estimate of drug-likeness (QED) is 0.550. The lowest BCUT2D eigenvalue weighted by Crippen LogP contribution is -2.25. The molecule has 0 bridgehead atoms. The Morgan fingerprint density at radius 2 is 1.92 bits per heavy atom. The van der Waals surface area contributed by atoms with Gasteiger partial charge >= 0.3 is 0 Å². The third-order valence-corrected chi connectivity index (χ3v) is 1.53. The molecule has 0 amide bonds. The predicted molar refractivity (Wildman–Crippen MR) is 49.4 cm³/mol. The lowest BCUT2D eigenvalue weighted by atomic mass is 10.4. The average molecular weight is 192 g/mol. The predicted octanol–water partition coefficient (Wildman–Crippen LogP) is 0.519. The Morgan fingerprint density at radius 3 is 2.38 bits per heavy atom. The SMILES string of the molecule is CCCOC(CC)OCC(O)CO. The van der Waals surface area contributed by atoms with Crippen LogP contribution in [0.5, 0.6) is 0 Å². The summed E-state index contributed by atoms with van der Waals surface area (Å²) in [5, 5.41) is 17.5. The van der Waals surface area contributed by atoms with Crippen LogP contribution in [0, 0.1) is 0 Å². The summed E-state index contributed by atoms with van der Waals surface area (Å²) in [6.45, 7) is 4.48. The van der Waals surface area contributed by atoms with Gasteiger partial charge in [-0.2, -0.15) is 0 Å². The summed E-state index contributed by atoms with van der Waals surface area (Å²) in [5.41, 5.74) is 0. The van der Waals surface area contributed by atoms with Gasteiger partial charge in [0.15, 0.2) is 6.29 Å². The highest BCUT2D eigenvalue weighted by Crippen LogP contribution is 2.01. The molecule has 0 aromatic heterocycles. The zero-order valence-corrected chi connectivity index (χ0v) is 8.40. The Labute approximate surface area is 79.5 Å². The Bertz CT molecular complexity index is 108. The van der Waals surface area contributed by atoms with Crippen LogP contribution >= 0.6 is 0 Å². The fourth-order valence-electron chi connectivity index (χ4n) is 0.804. The van der Waals surface area contributed by atoms with E-state index in [0.29, 0.717) is 6.61 Å². The van der Waals surface area contributed by atoms with Crippen molar-refractivity contribution < 1.29 is 19.7 Å². The second kappa shape index (κ2) is 8.44. The van der Waals surface area contributed by atoms with E-state index >= 15 is 0 Å². The number of aliphatic hydroxyl groups excluding tert-OH is 2. The van der Waals surface area contributed by atoms with Crippen molar-refractivity contribution >= 4 is 0 Å². The maximum Gasteiger partial charge on any atom is 0.157 e. The fraction of sp³-hybridized carbons (Fsp3) is 1.00. The van der Waals surface area contributed by atoms with Gasteiger partial charge in [0.05, 0.1) is 13.2 Å². The Morgan fingerprint density at radius 1 is 1.23 bits per heavy atom. The van der Waals surface area contributed by atoms with E-state index in [9.17, 15) is 0 Å². The summed E-state index contributed by atoms with van der Waals surface area (Å²) in [4.78, 5) is 0. The van der Waals surface area contributed by atoms with E-state index < -0.39 is 6.10 Å². The highest BCUT2D eigenvalue weighted by atomic mass is 16.7. The van der Waals surface area contributed by atoms with E-state index in [2.05, 4.69) is 0 Å². The monoisotopic (exact) mass is 192 g/mol. The van der Waals surface area contributed by atoms with Crippen molar-refractivity contribution in [1.29, 1.82) is 0 Å². The second-order valence-electron chi connectivity index (χ2n) is 2.88. The molecule has 0 aliphatic heterocycles. The van der Waals surface area contributed by atoms with E-state index in [4.69, 9.17) is 19.7 Å². The van der Waals surface area contributed by atoms with Gasteiger partial charge < -0.3 is 19.7 Å². The van der Waals surface area contributed by atoms with Crippen LogP contribution in [0.15, 0.2) is 0 Å². The first-order valence-corrected chi connectivity index (χ1v) is 4.76. The van der Waals surface area contributed by atoms with E-state index in [1.807, 2.05) is 13.8 Å². The first-order chi connectivity index (χ1) is 6.24. The number of hydrogen-bond acceptors (Lipinski definition) is 4. The molecule has 0 heterocycles. The van der Waals surface area contributed by atoms with Crippen molar-refractivity contribution in [2.75, 3.05) is 19.8 Å². The molecule has 0 aromatic carbocycles. The minimum atomic E-state index is -0.806. The first kappa shape index (κ1) is 12.8. The molecule has 0 saturated heterocycles. The summed E-state index contributed by atoms with van der Waals surface area (Å²) < 4.78 is 10.5. The summed E-state index contributed by atoms with van der Waals surface area (Å²) in [6, 6.07) is 0. The molecule has 4 nitrogen and oxygen atoms in total. The molecule has 0 aromatic rings. The van der Waals surface area contributed by atoms with Gasteiger partial charge in [0.2, 0.25) is 0 Å². The zero-order valence-electron chi connectivity index (χ0n) is 8.40. The highest BCUT2D eigenvalue weighted by molar-refractivity contribution is 4.50. The van der Waals surface area contributed by atoms with Gasteiger partial charge in [-0.3, -0.25) is 0 Å². The minimum Gasteiger partial charge on any atom is -0.394 e. The Kier molecular flexibility index (Phi) is 8.33. The van der Waals surface area contributed by atoms with Crippen LogP contribution in [0.4, 0.5) is 0 Å². The van der Waals surface area contributed by atoms with Crippen LogP contribution in [0.2, 0.25) is 0 Å². The van der Waals surface area contributed by atoms with Crippen molar-refractivity contribution in [1.82, 2.24) is 0 Å². The van der Waals surface area contributed by atoms with Crippen LogP contribution in [-0.2, 0) is 9.47 Å². The molecular formula is C9H20O4. The van der Waals surface area contributed by atoms with E-state index in [1.54, 1.807) is 0 Å². The molecule has 0 fully saturated rings. The van der Waals surface area contributed by atoms with Gasteiger partial charge in [0.1, 0.15) is 6.10 Å². The number of aliphatic hydroxyl groups is 2. The van der Waals surface area contributed by atoms with Gasteiger partial charge in [0.25, 0.3) is 0 Å². The molecule has 0 aliphatic carbocycles. The molecular weight excluding hydrogens is 172 g/mol. The van der Waals surface area contributed by atoms with Crippen molar-refractivity contribution in [2.45, 2.75) is 39.1 Å². The Hall–Kier alpha value is -0.160. The molecule has 0 spiro atoms. The molecule has 0 radical (unpaired) electrons. The molecule has 80 valence electrons. The highest BCUT2D eigenvalue weighted by Gasteiger charge is 2.09. The summed E-state index contributed by atoms with van der Waals surface area (Å²) in [7, 11) is 0. The lowest BCUT2D eigenvalue weighted by Gasteiger charge is -2.17.